The van der Waals surface area contributed by atoms with E-state index in [1.807, 2.05) is 0 Å². The molecule has 0 saturated carbocycles. The van der Waals surface area contributed by atoms with Gasteiger partial charge in [-0.25, -0.2) is 10.2 Å². The van der Waals surface area contributed by atoms with Gasteiger partial charge in [0.2, 0.25) is 0 Å². The van der Waals surface area contributed by atoms with Crippen LogP contribution in [0.5, 0.6) is 12.0 Å². The van der Waals surface area contributed by atoms with Gasteiger partial charge >= 0.3 is 12.0 Å². The van der Waals surface area contributed by atoms with Crippen molar-refractivity contribution in [2.45, 2.75) is 12.8 Å². The van der Waals surface area contributed by atoms with E-state index in [9.17, 15) is 0 Å². The quantitative estimate of drug-likeness (QED) is 0.505. The first kappa shape index (κ1) is 8.48. The Labute approximate surface area is 78.0 Å². The van der Waals surface area contributed by atoms with Crippen LogP contribution in [0.3, 0.4) is 0 Å². The van der Waals surface area contributed by atoms with Crippen LogP contribution in [0.4, 0.5) is 0 Å². The minimum Gasteiger partial charge on any atom is -0.479 e. The Balaban J connectivity index is 1.94. The lowest BCUT2D eigenvalue weighted by atomic mass is 10.3. The summed E-state index contributed by atoms with van der Waals surface area (Å²) in [5.74, 6) is 0.957. The third-order valence-corrected chi connectivity index (χ3v) is 1.61. The number of hydrogen-bond acceptors (Lipinski definition) is 6. The standard InChI is InChI=1S/C6H8N6O2/c13-5-7-3(9-11-5)1-2-4-8-6(14)12-10-4/h1-2H2,(H2,7,9,11,13)(H2,8,10,12,14). The normalized spacial score (nSPS) is 10.6. The van der Waals surface area contributed by atoms with E-state index in [2.05, 4.69) is 30.4 Å². The van der Waals surface area contributed by atoms with Crippen molar-refractivity contribution in [3.8, 4) is 12.0 Å². The summed E-state index contributed by atoms with van der Waals surface area (Å²) in [5.41, 5.74) is 0. The van der Waals surface area contributed by atoms with E-state index < -0.39 is 0 Å². The molecule has 8 heteroatoms. The summed E-state index contributed by atoms with van der Waals surface area (Å²) < 4.78 is 0. The summed E-state index contributed by atoms with van der Waals surface area (Å²) in [5, 5.41) is 29.8. The molecule has 0 unspecified atom stereocenters. The van der Waals surface area contributed by atoms with Gasteiger partial charge in [-0.05, 0) is 0 Å². The molecule has 0 aromatic carbocycles. The summed E-state index contributed by atoms with van der Waals surface area (Å²) in [6.45, 7) is 0. The van der Waals surface area contributed by atoms with Gasteiger partial charge in [-0.3, -0.25) is 0 Å². The Hall–Kier alpha value is -2.12. The van der Waals surface area contributed by atoms with Gasteiger partial charge in [0.05, 0.1) is 0 Å². The van der Waals surface area contributed by atoms with Crippen LogP contribution in [0.2, 0.25) is 0 Å². The Morgan fingerprint density at radius 3 is 1.57 bits per heavy atom. The maximum atomic E-state index is 8.85. The van der Waals surface area contributed by atoms with E-state index in [-0.39, 0.29) is 12.0 Å². The lowest BCUT2D eigenvalue weighted by Crippen LogP contribution is -1.95. The smallest absolute Gasteiger partial charge is 0.309 e. The Bertz CT molecular complexity index is 381. The first-order chi connectivity index (χ1) is 6.74. The highest BCUT2D eigenvalue weighted by atomic mass is 16.3. The number of H-pyrrole nitrogens is 2. The summed E-state index contributed by atoms with van der Waals surface area (Å²) in [7, 11) is 0. The first-order valence-corrected chi connectivity index (χ1v) is 3.94. The predicted octanol–water partition coefficient (Wildman–Crippen LogP) is -0.881. The van der Waals surface area contributed by atoms with E-state index >= 15 is 0 Å². The maximum Gasteiger partial charge on any atom is 0.309 e. The fraction of sp³-hybridized carbons (Fsp3) is 0.333. The zero-order chi connectivity index (χ0) is 9.97. The van der Waals surface area contributed by atoms with Crippen LogP contribution in [0, 0.1) is 0 Å². The van der Waals surface area contributed by atoms with Crippen LogP contribution in [0.15, 0.2) is 0 Å². The molecule has 2 aromatic heterocycles. The third kappa shape index (κ3) is 1.79. The highest BCUT2D eigenvalue weighted by Crippen LogP contribution is 2.03. The van der Waals surface area contributed by atoms with E-state index in [4.69, 9.17) is 10.2 Å². The molecule has 0 spiro atoms. The summed E-state index contributed by atoms with van der Waals surface area (Å²) in [6, 6.07) is -0.421. The molecule has 2 heterocycles. The summed E-state index contributed by atoms with van der Waals surface area (Å²) >= 11 is 0. The van der Waals surface area contributed by atoms with Crippen LogP contribution >= 0.6 is 0 Å². The Kier molecular flexibility index (Phi) is 2.01. The molecule has 0 atom stereocenters. The monoisotopic (exact) mass is 196 g/mol. The second-order valence-corrected chi connectivity index (χ2v) is 2.65. The second kappa shape index (κ2) is 3.32. The largest absolute Gasteiger partial charge is 0.479 e. The third-order valence-electron chi connectivity index (χ3n) is 1.61. The maximum absolute atomic E-state index is 8.85. The van der Waals surface area contributed by atoms with Gasteiger partial charge < -0.3 is 10.2 Å². The summed E-state index contributed by atoms with van der Waals surface area (Å²) in [6.07, 6.45) is 0.989. The minimum atomic E-state index is -0.210. The van der Waals surface area contributed by atoms with Crippen LogP contribution in [0.25, 0.3) is 0 Å². The molecule has 0 aliphatic heterocycles. The lowest BCUT2D eigenvalue weighted by molar-refractivity contribution is 0.431. The van der Waals surface area contributed by atoms with E-state index in [0.717, 1.165) is 0 Å². The van der Waals surface area contributed by atoms with Gasteiger partial charge in [-0.1, -0.05) is 0 Å². The second-order valence-electron chi connectivity index (χ2n) is 2.65. The molecule has 4 N–H and O–H groups in total. The van der Waals surface area contributed by atoms with Crippen LogP contribution in [-0.4, -0.2) is 40.6 Å². The molecule has 2 rings (SSSR count). The van der Waals surface area contributed by atoms with Gasteiger partial charge in [-0.2, -0.15) is 20.2 Å². The highest BCUT2D eigenvalue weighted by molar-refractivity contribution is 4.98. The molecular weight excluding hydrogens is 188 g/mol. The van der Waals surface area contributed by atoms with Crippen molar-refractivity contribution in [3.63, 3.8) is 0 Å². The molecule has 8 nitrogen and oxygen atoms in total. The van der Waals surface area contributed by atoms with Crippen LogP contribution in [-0.2, 0) is 12.8 Å². The van der Waals surface area contributed by atoms with Crippen molar-refractivity contribution >= 4 is 0 Å². The molecule has 0 fully saturated rings. The van der Waals surface area contributed by atoms with Crippen LogP contribution < -0.4 is 0 Å². The van der Waals surface area contributed by atoms with Gasteiger partial charge in [0.25, 0.3) is 0 Å². The Morgan fingerprint density at radius 1 is 0.857 bits per heavy atom. The number of aromatic hydroxyl groups is 2. The number of aryl methyl sites for hydroxylation is 2. The molecule has 0 bridgehead atoms. The molecule has 2 aromatic rings. The van der Waals surface area contributed by atoms with Crippen molar-refractivity contribution in [2.24, 2.45) is 0 Å². The first-order valence-electron chi connectivity index (χ1n) is 3.94. The number of rotatable bonds is 3. The molecule has 0 radical (unpaired) electrons. The summed E-state index contributed by atoms with van der Waals surface area (Å²) in [4.78, 5) is 7.39. The molecule has 0 aliphatic rings. The number of aromatic amines is 2. The van der Waals surface area contributed by atoms with Gasteiger partial charge in [-0.15, -0.1) is 0 Å². The molecule has 0 saturated heterocycles. The highest BCUT2D eigenvalue weighted by Gasteiger charge is 2.05. The average molecular weight is 196 g/mol. The van der Waals surface area contributed by atoms with Crippen molar-refractivity contribution in [3.05, 3.63) is 11.6 Å². The number of nitrogens with one attached hydrogen (secondary N) is 2. The van der Waals surface area contributed by atoms with E-state index in [1.54, 1.807) is 0 Å². The van der Waals surface area contributed by atoms with Crippen molar-refractivity contribution in [1.29, 1.82) is 0 Å². The molecule has 74 valence electrons. The fourth-order valence-corrected chi connectivity index (χ4v) is 1.02. The van der Waals surface area contributed by atoms with Crippen LogP contribution in [0.1, 0.15) is 11.6 Å². The zero-order valence-electron chi connectivity index (χ0n) is 7.10. The van der Waals surface area contributed by atoms with Gasteiger partial charge in [0.1, 0.15) is 0 Å². The lowest BCUT2D eigenvalue weighted by Gasteiger charge is -1.88. The Morgan fingerprint density at radius 2 is 1.29 bits per heavy atom. The zero-order valence-corrected chi connectivity index (χ0v) is 7.10. The van der Waals surface area contributed by atoms with Crippen molar-refractivity contribution in [1.82, 2.24) is 30.4 Å². The fourth-order valence-electron chi connectivity index (χ4n) is 1.02. The van der Waals surface area contributed by atoms with Crippen molar-refractivity contribution < 1.29 is 10.2 Å². The molecule has 14 heavy (non-hydrogen) atoms. The molecule has 0 amide bonds. The van der Waals surface area contributed by atoms with E-state index in [1.165, 1.54) is 0 Å². The number of hydrogen-bond donors (Lipinski definition) is 4. The molecule has 0 aliphatic carbocycles. The average Bonchev–Trinajstić information content (AvgIpc) is 2.72. The number of nitrogens with zero attached hydrogens (tertiary/aromatic N) is 4. The minimum absolute atomic E-state index is 0.210. The van der Waals surface area contributed by atoms with Crippen molar-refractivity contribution in [2.75, 3.05) is 0 Å². The van der Waals surface area contributed by atoms with Gasteiger partial charge in [0.15, 0.2) is 11.6 Å². The predicted molar refractivity (Wildman–Crippen MR) is 43.5 cm³/mol. The SMILES string of the molecule is Oc1nc(CCc2n[nH]c(O)n2)n[nH]1. The topological polar surface area (TPSA) is 124 Å². The number of aromatic nitrogens is 6. The van der Waals surface area contributed by atoms with E-state index in [0.29, 0.717) is 24.5 Å². The molecular formula is C6H8N6O2. The van der Waals surface area contributed by atoms with Gasteiger partial charge in [0, 0.05) is 12.8 Å².